The molecule has 2 aromatic carbocycles. The third kappa shape index (κ3) is 4.94. The van der Waals surface area contributed by atoms with Gasteiger partial charge in [-0.2, -0.15) is 0 Å². The Bertz CT molecular complexity index is 1050. The van der Waals surface area contributed by atoms with Crippen LogP contribution in [0.5, 0.6) is 5.75 Å². The van der Waals surface area contributed by atoms with Gasteiger partial charge in [-0.1, -0.05) is 11.6 Å². The lowest BCUT2D eigenvalue weighted by Crippen LogP contribution is -2.38. The fourth-order valence-electron chi connectivity index (χ4n) is 3.68. The lowest BCUT2D eigenvalue weighted by Gasteiger charge is -2.24. The molecule has 1 N–H and O–H groups in total. The third-order valence-electron chi connectivity index (χ3n) is 5.32. The number of aryl methyl sites for hydroxylation is 1. The number of aromatic nitrogens is 1. The van der Waals surface area contributed by atoms with Crippen LogP contribution in [0.4, 0.5) is 16.2 Å². The van der Waals surface area contributed by atoms with Crippen LogP contribution in [0.15, 0.2) is 53.1 Å². The lowest BCUT2D eigenvalue weighted by atomic mass is 10.1. The van der Waals surface area contributed by atoms with Gasteiger partial charge in [0.25, 0.3) is 0 Å². The molecule has 0 bridgehead atoms. The minimum Gasteiger partial charge on any atom is -0.496 e. The molecule has 0 aliphatic carbocycles. The van der Waals surface area contributed by atoms with E-state index in [0.29, 0.717) is 29.8 Å². The van der Waals surface area contributed by atoms with E-state index in [0.717, 1.165) is 42.2 Å². The number of halogens is 1. The van der Waals surface area contributed by atoms with Crippen LogP contribution in [0.25, 0.3) is 11.3 Å². The van der Waals surface area contributed by atoms with Crippen molar-refractivity contribution in [2.45, 2.75) is 13.3 Å². The minimum atomic E-state index is -0.0993. The molecule has 2 amide bonds. The molecule has 1 aliphatic heterocycles. The first-order valence-electron chi connectivity index (χ1n) is 10.2. The molecule has 3 aromatic rings. The van der Waals surface area contributed by atoms with Gasteiger partial charge in [0.15, 0.2) is 11.7 Å². The zero-order valence-electron chi connectivity index (χ0n) is 17.6. The molecule has 4 rings (SSSR count). The number of nitrogens with zero attached hydrogens (tertiary/aromatic N) is 3. The monoisotopic (exact) mass is 440 g/mol. The molecule has 8 heteroatoms. The number of hydrogen-bond donors (Lipinski definition) is 1. The van der Waals surface area contributed by atoms with E-state index in [1.54, 1.807) is 37.6 Å². The van der Waals surface area contributed by atoms with Gasteiger partial charge in [0.05, 0.1) is 18.9 Å². The van der Waals surface area contributed by atoms with E-state index in [9.17, 15) is 4.79 Å². The Morgan fingerprint density at radius 1 is 1.13 bits per heavy atom. The molecule has 162 valence electrons. The maximum atomic E-state index is 12.7. The number of anilines is 2. The highest BCUT2D eigenvalue weighted by Gasteiger charge is 2.21. The smallest absolute Gasteiger partial charge is 0.321 e. The zero-order chi connectivity index (χ0) is 21.8. The molecule has 0 saturated carbocycles. The van der Waals surface area contributed by atoms with Crippen molar-refractivity contribution >= 4 is 29.0 Å². The number of carbonyl (C=O) groups excluding carboxylic acids is 1. The van der Waals surface area contributed by atoms with E-state index in [1.165, 1.54) is 0 Å². The first-order valence-corrected chi connectivity index (χ1v) is 10.6. The highest BCUT2D eigenvalue weighted by atomic mass is 35.5. The highest BCUT2D eigenvalue weighted by Crippen LogP contribution is 2.34. The van der Waals surface area contributed by atoms with Gasteiger partial charge in [-0.15, -0.1) is 0 Å². The normalized spacial score (nSPS) is 14.3. The molecule has 31 heavy (non-hydrogen) atoms. The van der Waals surface area contributed by atoms with Gasteiger partial charge in [-0.05, 0) is 42.8 Å². The van der Waals surface area contributed by atoms with Crippen molar-refractivity contribution in [3.63, 3.8) is 0 Å². The van der Waals surface area contributed by atoms with Crippen LogP contribution in [-0.4, -0.2) is 49.2 Å². The Morgan fingerprint density at radius 2 is 1.94 bits per heavy atom. The fourth-order valence-corrected chi connectivity index (χ4v) is 3.81. The minimum absolute atomic E-state index is 0.0993. The number of rotatable bonds is 4. The van der Waals surface area contributed by atoms with Crippen LogP contribution >= 0.6 is 11.6 Å². The number of urea groups is 1. The summed E-state index contributed by atoms with van der Waals surface area (Å²) >= 11 is 5.91. The molecule has 0 radical (unpaired) electrons. The number of nitrogens with one attached hydrogen (secondary N) is 1. The number of hydrogen-bond acceptors (Lipinski definition) is 5. The summed E-state index contributed by atoms with van der Waals surface area (Å²) < 4.78 is 11.3. The molecule has 1 aliphatic rings. The van der Waals surface area contributed by atoms with Gasteiger partial charge in [-0.25, -0.2) is 9.78 Å². The topological polar surface area (TPSA) is 70.8 Å². The molecule has 1 aromatic heterocycles. The van der Waals surface area contributed by atoms with Crippen LogP contribution in [0.3, 0.4) is 0 Å². The Balaban J connectivity index is 1.43. The van der Waals surface area contributed by atoms with E-state index in [-0.39, 0.29) is 6.03 Å². The van der Waals surface area contributed by atoms with Crippen LogP contribution in [0.1, 0.15) is 12.3 Å². The standard InChI is InChI=1S/C23H25ClN4O3/c1-16-25-15-22(31-16)20-9-8-19(14-21(20)30-2)27-10-3-11-28(13-12-27)23(29)26-18-6-4-17(24)5-7-18/h4-9,14-15H,3,10-13H2,1-2H3,(H,26,29). The van der Waals surface area contributed by atoms with Gasteiger partial charge in [0.1, 0.15) is 5.75 Å². The summed E-state index contributed by atoms with van der Waals surface area (Å²) in [7, 11) is 1.65. The first-order chi connectivity index (χ1) is 15.0. The SMILES string of the molecule is COc1cc(N2CCCN(C(=O)Nc3ccc(Cl)cc3)CC2)ccc1-c1cnc(C)o1. The summed E-state index contributed by atoms with van der Waals surface area (Å²) in [6.45, 7) is 4.73. The van der Waals surface area contributed by atoms with Gasteiger partial charge >= 0.3 is 6.03 Å². The van der Waals surface area contributed by atoms with E-state index in [2.05, 4.69) is 21.3 Å². The summed E-state index contributed by atoms with van der Waals surface area (Å²) in [5.41, 5.74) is 2.65. The van der Waals surface area contributed by atoms with Crippen LogP contribution in [-0.2, 0) is 0 Å². The first kappa shape index (κ1) is 21.1. The molecular formula is C23H25ClN4O3. The predicted molar refractivity (Wildman–Crippen MR) is 122 cm³/mol. The van der Waals surface area contributed by atoms with E-state index in [4.69, 9.17) is 20.8 Å². The van der Waals surface area contributed by atoms with Crippen molar-refractivity contribution in [2.75, 3.05) is 43.5 Å². The van der Waals surface area contributed by atoms with Crippen molar-refractivity contribution in [1.82, 2.24) is 9.88 Å². The number of methoxy groups -OCH3 is 1. The van der Waals surface area contributed by atoms with Crippen molar-refractivity contribution in [1.29, 1.82) is 0 Å². The quantitative estimate of drug-likeness (QED) is 0.614. The van der Waals surface area contributed by atoms with Crippen molar-refractivity contribution in [3.8, 4) is 17.1 Å². The molecule has 7 nitrogen and oxygen atoms in total. The van der Waals surface area contributed by atoms with Crippen molar-refractivity contribution < 1.29 is 13.9 Å². The number of oxazole rings is 1. The highest BCUT2D eigenvalue weighted by molar-refractivity contribution is 6.30. The third-order valence-corrected chi connectivity index (χ3v) is 5.57. The molecule has 2 heterocycles. The van der Waals surface area contributed by atoms with E-state index >= 15 is 0 Å². The predicted octanol–water partition coefficient (Wildman–Crippen LogP) is 5.06. The largest absolute Gasteiger partial charge is 0.496 e. The van der Waals surface area contributed by atoms with Crippen molar-refractivity contribution in [2.24, 2.45) is 0 Å². The molecule has 0 spiro atoms. The zero-order valence-corrected chi connectivity index (χ0v) is 18.4. The Kier molecular flexibility index (Phi) is 6.32. The van der Waals surface area contributed by atoms with Gasteiger partial charge < -0.3 is 24.3 Å². The summed E-state index contributed by atoms with van der Waals surface area (Å²) in [5, 5.41) is 3.58. The second-order valence-electron chi connectivity index (χ2n) is 7.39. The molecular weight excluding hydrogens is 416 g/mol. The second kappa shape index (κ2) is 9.31. The van der Waals surface area contributed by atoms with E-state index < -0.39 is 0 Å². The number of benzene rings is 2. The van der Waals surface area contributed by atoms with Gasteiger partial charge in [-0.3, -0.25) is 0 Å². The average Bonchev–Trinajstić information content (AvgIpc) is 3.06. The molecule has 1 saturated heterocycles. The number of amides is 2. The second-order valence-corrected chi connectivity index (χ2v) is 7.83. The van der Waals surface area contributed by atoms with Crippen LogP contribution < -0.4 is 15.0 Å². The summed E-state index contributed by atoms with van der Waals surface area (Å²) in [6.07, 6.45) is 2.58. The summed E-state index contributed by atoms with van der Waals surface area (Å²) in [5.74, 6) is 2.03. The van der Waals surface area contributed by atoms with Crippen molar-refractivity contribution in [3.05, 3.63) is 59.6 Å². The Labute approximate surface area is 186 Å². The Morgan fingerprint density at radius 3 is 2.65 bits per heavy atom. The number of ether oxygens (including phenoxy) is 1. The van der Waals surface area contributed by atoms with Crippen LogP contribution in [0.2, 0.25) is 5.02 Å². The summed E-state index contributed by atoms with van der Waals surface area (Å²) in [4.78, 5) is 21.0. The molecule has 1 fully saturated rings. The molecule has 0 atom stereocenters. The van der Waals surface area contributed by atoms with Gasteiger partial charge in [0.2, 0.25) is 0 Å². The maximum absolute atomic E-state index is 12.7. The lowest BCUT2D eigenvalue weighted by molar-refractivity contribution is 0.215. The van der Waals surface area contributed by atoms with E-state index in [1.807, 2.05) is 24.0 Å². The fraction of sp³-hybridized carbons (Fsp3) is 0.304. The average molecular weight is 441 g/mol. The van der Waals surface area contributed by atoms with Gasteiger partial charge in [0, 0.05) is 55.6 Å². The molecule has 0 unspecified atom stereocenters. The van der Waals surface area contributed by atoms with Crippen LogP contribution in [0, 0.1) is 6.92 Å². The maximum Gasteiger partial charge on any atom is 0.321 e. The summed E-state index contributed by atoms with van der Waals surface area (Å²) in [6, 6.07) is 13.1. The number of carbonyl (C=O) groups is 1. The Hall–Kier alpha value is -3.19.